The summed E-state index contributed by atoms with van der Waals surface area (Å²) in [5.41, 5.74) is 0. The van der Waals surface area contributed by atoms with Crippen LogP contribution in [0.4, 0.5) is 0 Å². The fourth-order valence-electron chi connectivity index (χ4n) is 0.946. The third-order valence-corrected chi connectivity index (χ3v) is 9.07. The molecule has 1 nitrogen and oxygen atoms in total. The Morgan fingerprint density at radius 1 is 1.88 bits per heavy atom. The van der Waals surface area contributed by atoms with Gasteiger partial charge in [0.2, 0.25) is 0 Å². The second-order valence-corrected chi connectivity index (χ2v) is 11.3. The SMILES string of the molecule is [CH3][In]1[CH2]C=C[CH]1C#N. The molecular formula is C6H8InN. The first kappa shape index (κ1) is 6.22. The van der Waals surface area contributed by atoms with Crippen molar-refractivity contribution in [2.24, 2.45) is 0 Å². The van der Waals surface area contributed by atoms with Gasteiger partial charge in [0.1, 0.15) is 0 Å². The number of hydrogen-bond donors (Lipinski definition) is 0. The van der Waals surface area contributed by atoms with E-state index in [1.807, 2.05) is 0 Å². The van der Waals surface area contributed by atoms with Crippen LogP contribution in [-0.2, 0) is 0 Å². The molecule has 0 fully saturated rings. The molecule has 1 aliphatic heterocycles. The molecule has 0 aromatic rings. The topological polar surface area (TPSA) is 23.8 Å². The van der Waals surface area contributed by atoms with E-state index in [4.69, 9.17) is 5.26 Å². The molecule has 0 saturated carbocycles. The molecule has 0 aromatic heterocycles. The first-order valence-corrected chi connectivity index (χ1v) is 10.4. The summed E-state index contributed by atoms with van der Waals surface area (Å²) in [4.78, 5) is 0. The first-order valence-electron chi connectivity index (χ1n) is 2.91. The zero-order valence-electron chi connectivity index (χ0n) is 4.96. The minimum atomic E-state index is -1.25. The van der Waals surface area contributed by atoms with Crippen molar-refractivity contribution >= 4 is 21.4 Å². The molecule has 1 unspecified atom stereocenters. The summed E-state index contributed by atoms with van der Waals surface area (Å²) in [6.45, 7) is 0. The van der Waals surface area contributed by atoms with Gasteiger partial charge < -0.3 is 0 Å². The summed E-state index contributed by atoms with van der Waals surface area (Å²) in [6.07, 6.45) is 4.26. The Morgan fingerprint density at radius 3 is 2.88 bits per heavy atom. The van der Waals surface area contributed by atoms with E-state index in [0.29, 0.717) is 3.67 Å². The quantitative estimate of drug-likeness (QED) is 0.555. The van der Waals surface area contributed by atoms with Crippen molar-refractivity contribution in [1.29, 1.82) is 5.26 Å². The predicted octanol–water partition coefficient (Wildman–Crippen LogP) is 1.57. The third kappa shape index (κ3) is 1.08. The van der Waals surface area contributed by atoms with E-state index in [1.54, 1.807) is 0 Å². The summed E-state index contributed by atoms with van der Waals surface area (Å²) < 4.78 is 4.01. The number of nitriles is 1. The van der Waals surface area contributed by atoms with Crippen molar-refractivity contribution in [1.82, 2.24) is 0 Å². The number of allylic oxidation sites excluding steroid dienone is 2. The van der Waals surface area contributed by atoms with E-state index < -0.39 is 21.4 Å². The van der Waals surface area contributed by atoms with Crippen LogP contribution >= 0.6 is 0 Å². The van der Waals surface area contributed by atoms with E-state index in [-0.39, 0.29) is 0 Å². The van der Waals surface area contributed by atoms with E-state index in [1.165, 1.54) is 4.18 Å². The number of nitrogens with zero attached hydrogens (tertiary/aromatic N) is 1. The second kappa shape index (κ2) is 2.59. The molecule has 1 heterocycles. The van der Waals surface area contributed by atoms with Crippen LogP contribution in [0.5, 0.6) is 0 Å². The monoisotopic (exact) mass is 209 g/mol. The van der Waals surface area contributed by atoms with Crippen LogP contribution < -0.4 is 0 Å². The third-order valence-electron chi connectivity index (χ3n) is 1.61. The van der Waals surface area contributed by atoms with E-state index in [0.717, 1.165) is 0 Å². The summed E-state index contributed by atoms with van der Waals surface area (Å²) in [5, 5.41) is 8.49. The fraction of sp³-hybridized carbons (Fsp3) is 0.500. The Morgan fingerprint density at radius 2 is 2.62 bits per heavy atom. The van der Waals surface area contributed by atoms with E-state index >= 15 is 0 Å². The Hall–Kier alpha value is 0.100. The van der Waals surface area contributed by atoms with Gasteiger partial charge in [-0.25, -0.2) is 0 Å². The van der Waals surface area contributed by atoms with Gasteiger partial charge in [0.05, 0.1) is 0 Å². The van der Waals surface area contributed by atoms with Gasteiger partial charge in [0.15, 0.2) is 0 Å². The Labute approximate surface area is 57.5 Å². The molecule has 0 saturated heterocycles. The molecule has 1 rings (SSSR count). The molecule has 2 heteroatoms. The summed E-state index contributed by atoms with van der Waals surface area (Å²) >= 11 is -1.25. The molecular weight excluding hydrogens is 201 g/mol. The zero-order valence-corrected chi connectivity index (χ0v) is 8.26. The van der Waals surface area contributed by atoms with Gasteiger partial charge in [-0.1, -0.05) is 0 Å². The minimum absolute atomic E-state index is 0.400. The predicted molar refractivity (Wildman–Crippen MR) is 34.9 cm³/mol. The van der Waals surface area contributed by atoms with Gasteiger partial charge in [-0.2, -0.15) is 0 Å². The maximum absolute atomic E-state index is 8.49. The van der Waals surface area contributed by atoms with Crippen LogP contribution in [0.25, 0.3) is 0 Å². The first-order chi connectivity index (χ1) is 3.84. The van der Waals surface area contributed by atoms with Crippen LogP contribution in [0.2, 0.25) is 12.5 Å². The zero-order chi connectivity index (χ0) is 5.98. The van der Waals surface area contributed by atoms with Crippen LogP contribution in [0.3, 0.4) is 0 Å². The second-order valence-electron chi connectivity index (χ2n) is 2.30. The molecule has 0 N–H and O–H groups in total. The summed E-state index contributed by atoms with van der Waals surface area (Å²) in [6, 6.07) is 2.32. The summed E-state index contributed by atoms with van der Waals surface area (Å²) in [5.74, 6) is 0. The maximum atomic E-state index is 8.49. The molecule has 40 valence electrons. The Bertz CT molecular complexity index is 145. The molecule has 0 radical (unpaired) electrons. The van der Waals surface area contributed by atoms with Gasteiger partial charge in [-0.15, -0.1) is 0 Å². The molecule has 1 aliphatic rings. The number of hydrogen-bond acceptors (Lipinski definition) is 1. The van der Waals surface area contributed by atoms with Gasteiger partial charge in [-0.3, -0.25) is 0 Å². The van der Waals surface area contributed by atoms with Gasteiger partial charge in [-0.05, 0) is 0 Å². The Kier molecular flexibility index (Phi) is 2.01. The fourth-order valence-corrected chi connectivity index (χ4v) is 5.71. The average molecular weight is 209 g/mol. The van der Waals surface area contributed by atoms with E-state index in [9.17, 15) is 0 Å². The van der Waals surface area contributed by atoms with Crippen LogP contribution in [0.1, 0.15) is 0 Å². The van der Waals surface area contributed by atoms with Crippen LogP contribution in [-0.4, -0.2) is 21.4 Å². The van der Waals surface area contributed by atoms with Gasteiger partial charge in [0, 0.05) is 0 Å². The molecule has 8 heavy (non-hydrogen) atoms. The standard InChI is InChI=1S/C5H5N.CH3.In/c1-2-3-4-5-6;;/h2-4H,1H2;1H3;. The van der Waals surface area contributed by atoms with Crippen molar-refractivity contribution in [2.45, 2.75) is 12.5 Å². The van der Waals surface area contributed by atoms with Gasteiger partial charge in [0.25, 0.3) is 0 Å². The van der Waals surface area contributed by atoms with Crippen molar-refractivity contribution in [3.63, 3.8) is 0 Å². The molecule has 0 bridgehead atoms. The van der Waals surface area contributed by atoms with Crippen LogP contribution in [0, 0.1) is 11.3 Å². The summed E-state index contributed by atoms with van der Waals surface area (Å²) in [7, 11) is 0. The van der Waals surface area contributed by atoms with E-state index in [2.05, 4.69) is 22.9 Å². The van der Waals surface area contributed by atoms with Crippen molar-refractivity contribution in [2.75, 3.05) is 0 Å². The molecule has 0 aliphatic carbocycles. The number of rotatable bonds is 0. The van der Waals surface area contributed by atoms with Crippen molar-refractivity contribution in [3.05, 3.63) is 12.2 Å². The molecule has 0 aromatic carbocycles. The Balaban J connectivity index is 2.57. The normalized spacial score (nSPS) is 26.0. The molecule has 0 spiro atoms. The van der Waals surface area contributed by atoms with Crippen molar-refractivity contribution in [3.8, 4) is 6.07 Å². The molecule has 1 atom stereocenters. The van der Waals surface area contributed by atoms with Gasteiger partial charge >= 0.3 is 57.5 Å². The molecule has 0 amide bonds. The average Bonchev–Trinajstić information content (AvgIpc) is 2.14. The van der Waals surface area contributed by atoms with Crippen LogP contribution in [0.15, 0.2) is 12.2 Å². The van der Waals surface area contributed by atoms with Crippen molar-refractivity contribution < 1.29 is 0 Å².